The van der Waals surface area contributed by atoms with Gasteiger partial charge in [-0.2, -0.15) is 0 Å². The highest BCUT2D eigenvalue weighted by Crippen LogP contribution is 2.38. The Bertz CT molecular complexity index is 669. The molecule has 20 heavy (non-hydrogen) atoms. The molecule has 0 radical (unpaired) electrons. The monoisotopic (exact) mass is 468 g/mol. The molecule has 1 heterocycles. The molecule has 104 valence electrons. The van der Waals surface area contributed by atoms with Gasteiger partial charge in [0.15, 0.2) is 6.20 Å². The average molecular weight is 469 g/mol. The summed E-state index contributed by atoms with van der Waals surface area (Å²) in [6.45, 7) is 0.176. The van der Waals surface area contributed by atoms with Crippen LogP contribution in [-0.4, -0.2) is 9.91 Å². The molecule has 0 N–H and O–H groups in total. The zero-order valence-corrected chi connectivity index (χ0v) is 14.3. The van der Waals surface area contributed by atoms with Gasteiger partial charge >= 0.3 is 5.82 Å². The van der Waals surface area contributed by atoms with E-state index >= 15 is 0 Å². The van der Waals surface area contributed by atoms with Crippen molar-refractivity contribution in [2.75, 3.05) is 0 Å². The molecule has 0 atom stereocenters. The first-order valence-electron chi connectivity index (χ1n) is 5.34. The Morgan fingerprint density at radius 3 is 2.90 bits per heavy atom. The van der Waals surface area contributed by atoms with E-state index in [2.05, 4.69) is 43.5 Å². The molecule has 0 aliphatic rings. The summed E-state index contributed by atoms with van der Waals surface area (Å²) in [7, 11) is 0. The van der Waals surface area contributed by atoms with Gasteiger partial charge in [0.2, 0.25) is 5.75 Å². The third-order valence-corrected chi connectivity index (χ3v) is 4.23. The SMILES string of the molecule is O=[N+]([O-])c1ncc(Br)c(Cl)c1OCc1cccc(I)c1. The zero-order valence-electron chi connectivity index (χ0n) is 9.85. The maximum atomic E-state index is 10.9. The van der Waals surface area contributed by atoms with E-state index in [1.165, 1.54) is 6.20 Å². The average Bonchev–Trinajstić information content (AvgIpc) is 2.40. The lowest BCUT2D eigenvalue weighted by atomic mass is 10.2. The molecule has 0 bridgehead atoms. The van der Waals surface area contributed by atoms with Crippen molar-refractivity contribution in [3.8, 4) is 5.75 Å². The fraction of sp³-hybridized carbons (Fsp3) is 0.0833. The molecular formula is C12H7BrClIN2O3. The Hall–Kier alpha value is -0.930. The Balaban J connectivity index is 2.29. The lowest BCUT2D eigenvalue weighted by Gasteiger charge is -2.09. The highest BCUT2D eigenvalue weighted by atomic mass is 127. The molecule has 8 heteroatoms. The van der Waals surface area contributed by atoms with E-state index < -0.39 is 10.7 Å². The predicted octanol–water partition coefficient (Wildman–Crippen LogP) is 4.59. The van der Waals surface area contributed by atoms with E-state index in [4.69, 9.17) is 16.3 Å². The highest BCUT2D eigenvalue weighted by Gasteiger charge is 2.23. The molecule has 0 saturated heterocycles. The molecule has 5 nitrogen and oxygen atoms in total. The first kappa shape index (κ1) is 15.5. The van der Waals surface area contributed by atoms with Gasteiger partial charge in [0, 0.05) is 3.57 Å². The molecular weight excluding hydrogens is 462 g/mol. The summed E-state index contributed by atoms with van der Waals surface area (Å²) in [5, 5.41) is 11.1. The second kappa shape index (κ2) is 6.68. The summed E-state index contributed by atoms with van der Waals surface area (Å²) < 4.78 is 6.98. The van der Waals surface area contributed by atoms with Crippen molar-refractivity contribution in [1.29, 1.82) is 0 Å². The minimum atomic E-state index is -0.623. The summed E-state index contributed by atoms with van der Waals surface area (Å²) in [5.74, 6) is -0.436. The number of hydrogen-bond donors (Lipinski definition) is 0. The van der Waals surface area contributed by atoms with E-state index in [-0.39, 0.29) is 17.4 Å². The largest absolute Gasteiger partial charge is 0.480 e. The summed E-state index contributed by atoms with van der Waals surface area (Å²) in [5.41, 5.74) is 0.891. The van der Waals surface area contributed by atoms with E-state index in [1.807, 2.05) is 24.3 Å². The molecule has 0 aliphatic heterocycles. The third-order valence-electron chi connectivity index (χ3n) is 2.36. The highest BCUT2D eigenvalue weighted by molar-refractivity contribution is 14.1. The van der Waals surface area contributed by atoms with Gasteiger partial charge in [0.05, 0.1) is 4.47 Å². The smallest absolute Gasteiger partial charge is 0.407 e. The molecule has 0 spiro atoms. The number of ether oxygens (including phenoxy) is 1. The van der Waals surface area contributed by atoms with Gasteiger partial charge in [-0.25, -0.2) is 0 Å². The third kappa shape index (κ3) is 3.58. The van der Waals surface area contributed by atoms with Crippen molar-refractivity contribution in [1.82, 2.24) is 4.98 Å². The first-order valence-corrected chi connectivity index (χ1v) is 7.59. The second-order valence-corrected chi connectivity index (χ2v) is 6.23. The number of rotatable bonds is 4. The van der Waals surface area contributed by atoms with Crippen LogP contribution in [0.15, 0.2) is 34.9 Å². The molecule has 0 amide bonds. The van der Waals surface area contributed by atoms with Gasteiger partial charge < -0.3 is 14.9 Å². The minimum absolute atomic E-state index is 0.0371. The van der Waals surface area contributed by atoms with Crippen LogP contribution in [-0.2, 0) is 6.61 Å². The lowest BCUT2D eigenvalue weighted by Crippen LogP contribution is -2.02. The molecule has 2 aromatic rings. The number of benzene rings is 1. The van der Waals surface area contributed by atoms with Gasteiger partial charge in [0.25, 0.3) is 0 Å². The van der Waals surface area contributed by atoms with Crippen molar-refractivity contribution in [3.05, 3.63) is 59.2 Å². The summed E-state index contributed by atoms with van der Waals surface area (Å²) >= 11 is 11.4. The number of nitrogens with zero attached hydrogens (tertiary/aromatic N) is 2. The van der Waals surface area contributed by atoms with E-state index in [1.54, 1.807) is 0 Å². The number of hydrogen-bond acceptors (Lipinski definition) is 4. The van der Waals surface area contributed by atoms with Crippen molar-refractivity contribution in [2.45, 2.75) is 6.61 Å². The standard InChI is InChI=1S/C12H7BrClIN2O3/c13-9-5-16-12(17(18)19)11(10(9)14)20-6-7-2-1-3-8(15)4-7/h1-5H,6H2. The lowest BCUT2D eigenvalue weighted by molar-refractivity contribution is -0.390. The van der Waals surface area contributed by atoms with Gasteiger partial charge in [-0.3, -0.25) is 0 Å². The summed E-state index contributed by atoms with van der Waals surface area (Å²) in [6.07, 6.45) is 1.28. The molecule has 0 aliphatic carbocycles. The van der Waals surface area contributed by atoms with Crippen molar-refractivity contribution >= 4 is 55.9 Å². The molecule has 0 saturated carbocycles. The predicted molar refractivity (Wildman–Crippen MR) is 87.1 cm³/mol. The van der Waals surface area contributed by atoms with Crippen LogP contribution in [0.5, 0.6) is 5.75 Å². The molecule has 1 aromatic heterocycles. The topological polar surface area (TPSA) is 65.3 Å². The zero-order chi connectivity index (χ0) is 14.7. The van der Waals surface area contributed by atoms with Crippen molar-refractivity contribution in [2.24, 2.45) is 0 Å². The fourth-order valence-corrected chi connectivity index (χ4v) is 2.56. The van der Waals surface area contributed by atoms with Crippen LogP contribution in [0.25, 0.3) is 0 Å². The van der Waals surface area contributed by atoms with Crippen LogP contribution < -0.4 is 4.74 Å². The van der Waals surface area contributed by atoms with Gasteiger partial charge in [0.1, 0.15) is 11.6 Å². The van der Waals surface area contributed by atoms with Crippen LogP contribution in [0.1, 0.15) is 5.56 Å². The number of aromatic nitrogens is 1. The van der Waals surface area contributed by atoms with Crippen LogP contribution in [0.2, 0.25) is 5.02 Å². The Morgan fingerprint density at radius 2 is 2.25 bits per heavy atom. The van der Waals surface area contributed by atoms with Gasteiger partial charge in [-0.05, 0) is 66.1 Å². The van der Waals surface area contributed by atoms with E-state index in [0.717, 1.165) is 9.13 Å². The van der Waals surface area contributed by atoms with Crippen LogP contribution in [0, 0.1) is 13.7 Å². The fourth-order valence-electron chi connectivity index (χ4n) is 1.48. The Labute approximate surface area is 141 Å². The normalized spacial score (nSPS) is 10.3. The molecule has 1 aromatic carbocycles. The summed E-state index contributed by atoms with van der Waals surface area (Å²) in [4.78, 5) is 14.0. The second-order valence-electron chi connectivity index (χ2n) is 3.75. The minimum Gasteiger partial charge on any atom is -0.480 e. The van der Waals surface area contributed by atoms with Crippen molar-refractivity contribution < 1.29 is 9.66 Å². The molecule has 2 rings (SSSR count). The first-order chi connectivity index (χ1) is 9.49. The molecule has 0 unspecified atom stereocenters. The maximum Gasteiger partial charge on any atom is 0.407 e. The summed E-state index contributed by atoms with van der Waals surface area (Å²) in [6, 6.07) is 7.62. The number of nitro groups is 1. The number of pyridine rings is 1. The van der Waals surface area contributed by atoms with Crippen LogP contribution >= 0.6 is 50.1 Å². The van der Waals surface area contributed by atoms with Crippen LogP contribution in [0.3, 0.4) is 0 Å². The van der Waals surface area contributed by atoms with E-state index in [9.17, 15) is 10.1 Å². The van der Waals surface area contributed by atoms with Gasteiger partial charge in [-0.15, -0.1) is 0 Å². The van der Waals surface area contributed by atoms with Crippen molar-refractivity contribution in [3.63, 3.8) is 0 Å². The van der Waals surface area contributed by atoms with Crippen LogP contribution in [0.4, 0.5) is 5.82 Å². The maximum absolute atomic E-state index is 10.9. The van der Waals surface area contributed by atoms with Gasteiger partial charge in [-0.1, -0.05) is 23.7 Å². The number of halogens is 3. The Morgan fingerprint density at radius 1 is 1.50 bits per heavy atom. The quantitative estimate of drug-likeness (QED) is 0.373. The Kier molecular flexibility index (Phi) is 5.17. The van der Waals surface area contributed by atoms with E-state index in [0.29, 0.717) is 4.47 Å². The molecule has 0 fully saturated rings.